The van der Waals surface area contributed by atoms with Crippen molar-refractivity contribution in [3.05, 3.63) is 28.8 Å². The van der Waals surface area contributed by atoms with Crippen LogP contribution >= 0.6 is 11.6 Å². The molecule has 0 spiro atoms. The molecule has 1 heterocycles. The van der Waals surface area contributed by atoms with E-state index in [9.17, 15) is 13.5 Å². The number of halogens is 1. The van der Waals surface area contributed by atoms with Gasteiger partial charge < -0.3 is 5.11 Å². The van der Waals surface area contributed by atoms with Crippen molar-refractivity contribution >= 4 is 21.6 Å². The fourth-order valence-electron chi connectivity index (χ4n) is 2.11. The average Bonchev–Trinajstić information content (AvgIpc) is 2.63. The van der Waals surface area contributed by atoms with Gasteiger partial charge in [-0.1, -0.05) is 17.7 Å². The maximum absolute atomic E-state index is 12.5. The molecular weight excluding hydrogens is 274 g/mol. The van der Waals surface area contributed by atoms with Gasteiger partial charge in [0.25, 0.3) is 0 Å². The van der Waals surface area contributed by atoms with Crippen LogP contribution in [-0.4, -0.2) is 36.5 Å². The number of aliphatic hydroxyl groups is 1. The lowest BCUT2D eigenvalue weighted by Crippen LogP contribution is -2.34. The van der Waals surface area contributed by atoms with Crippen LogP contribution < -0.4 is 0 Å². The Bertz CT molecular complexity index is 569. The number of sulfonamides is 1. The molecule has 0 aliphatic carbocycles. The van der Waals surface area contributed by atoms with E-state index in [0.29, 0.717) is 23.6 Å². The number of nitrogens with zero attached hydrogens (tertiary/aromatic N) is 1. The molecule has 100 valence electrons. The molecule has 0 amide bonds. The van der Waals surface area contributed by atoms with E-state index in [1.54, 1.807) is 32.0 Å². The second kappa shape index (κ2) is 4.49. The molecule has 4 nitrogen and oxygen atoms in total. The van der Waals surface area contributed by atoms with E-state index in [1.165, 1.54) is 4.31 Å². The fourth-order valence-corrected chi connectivity index (χ4v) is 4.15. The highest BCUT2D eigenvalue weighted by Gasteiger charge is 2.39. The van der Waals surface area contributed by atoms with Crippen molar-refractivity contribution in [1.29, 1.82) is 0 Å². The van der Waals surface area contributed by atoms with Crippen molar-refractivity contribution in [3.63, 3.8) is 0 Å². The Labute approximate surface area is 112 Å². The van der Waals surface area contributed by atoms with Crippen molar-refractivity contribution in [2.45, 2.75) is 30.8 Å². The first-order valence-corrected chi connectivity index (χ1v) is 7.53. The van der Waals surface area contributed by atoms with Gasteiger partial charge in [-0.2, -0.15) is 4.31 Å². The third kappa shape index (κ3) is 2.40. The lowest BCUT2D eigenvalue weighted by atomic mass is 10.1. The Morgan fingerprint density at radius 3 is 2.67 bits per heavy atom. The zero-order valence-corrected chi connectivity index (χ0v) is 11.9. The van der Waals surface area contributed by atoms with E-state index in [2.05, 4.69) is 0 Å². The summed E-state index contributed by atoms with van der Waals surface area (Å²) in [5.41, 5.74) is -0.398. The first kappa shape index (κ1) is 13.8. The molecule has 2 rings (SSSR count). The normalized spacial score (nSPS) is 25.6. The summed E-state index contributed by atoms with van der Waals surface area (Å²) in [4.78, 5) is 0.215. The summed E-state index contributed by atoms with van der Waals surface area (Å²) in [5, 5.41) is 10.3. The molecule has 1 unspecified atom stereocenters. The van der Waals surface area contributed by atoms with Gasteiger partial charge in [-0.25, -0.2) is 8.42 Å². The summed E-state index contributed by atoms with van der Waals surface area (Å²) in [6.45, 7) is 3.79. The SMILES string of the molecule is Cc1c(Cl)cccc1S(=O)(=O)N1CCC(C)(O)C1. The summed E-state index contributed by atoms with van der Waals surface area (Å²) in [6, 6.07) is 4.83. The van der Waals surface area contributed by atoms with Gasteiger partial charge in [-0.05, 0) is 38.0 Å². The lowest BCUT2D eigenvalue weighted by molar-refractivity contribution is 0.0762. The molecular formula is C12H16ClNO3S. The van der Waals surface area contributed by atoms with Gasteiger partial charge in [0.15, 0.2) is 0 Å². The molecule has 18 heavy (non-hydrogen) atoms. The molecule has 1 aromatic carbocycles. The summed E-state index contributed by atoms with van der Waals surface area (Å²) >= 11 is 5.95. The molecule has 1 fully saturated rings. The van der Waals surface area contributed by atoms with Gasteiger partial charge in [0.2, 0.25) is 10.0 Å². The zero-order valence-electron chi connectivity index (χ0n) is 10.4. The third-order valence-corrected chi connectivity index (χ3v) is 5.65. The summed E-state index contributed by atoms with van der Waals surface area (Å²) in [6.07, 6.45) is 0.450. The highest BCUT2D eigenvalue weighted by molar-refractivity contribution is 7.89. The molecule has 1 aliphatic rings. The number of benzene rings is 1. The van der Waals surface area contributed by atoms with Crippen LogP contribution in [0.5, 0.6) is 0 Å². The molecule has 0 bridgehead atoms. The van der Waals surface area contributed by atoms with Crippen molar-refractivity contribution in [3.8, 4) is 0 Å². The first-order chi connectivity index (χ1) is 8.24. The monoisotopic (exact) mass is 289 g/mol. The van der Waals surface area contributed by atoms with Crippen LogP contribution in [0.2, 0.25) is 5.02 Å². The average molecular weight is 290 g/mol. The molecule has 0 radical (unpaired) electrons. The number of hydrogen-bond donors (Lipinski definition) is 1. The molecule has 1 aliphatic heterocycles. The van der Waals surface area contributed by atoms with Gasteiger partial charge in [0.05, 0.1) is 10.5 Å². The number of rotatable bonds is 2. The molecule has 1 N–H and O–H groups in total. The molecule has 0 aromatic heterocycles. The standard InChI is InChI=1S/C12H16ClNO3S/c1-9-10(13)4-3-5-11(9)18(16,17)14-7-6-12(2,15)8-14/h3-5,15H,6-8H2,1-2H3. The van der Waals surface area contributed by atoms with Crippen LogP contribution in [-0.2, 0) is 10.0 Å². The van der Waals surface area contributed by atoms with Gasteiger partial charge in [0, 0.05) is 18.1 Å². The van der Waals surface area contributed by atoms with Gasteiger partial charge in [-0.15, -0.1) is 0 Å². The Kier molecular flexibility index (Phi) is 3.44. The largest absolute Gasteiger partial charge is 0.389 e. The summed E-state index contributed by atoms with van der Waals surface area (Å²) in [5.74, 6) is 0. The van der Waals surface area contributed by atoms with E-state index in [4.69, 9.17) is 11.6 Å². The summed E-state index contributed by atoms with van der Waals surface area (Å²) in [7, 11) is -3.57. The van der Waals surface area contributed by atoms with Gasteiger partial charge >= 0.3 is 0 Å². The van der Waals surface area contributed by atoms with Crippen LogP contribution in [0, 0.1) is 6.92 Å². The van der Waals surface area contributed by atoms with Crippen molar-refractivity contribution in [1.82, 2.24) is 4.31 Å². The van der Waals surface area contributed by atoms with E-state index in [1.807, 2.05) is 0 Å². The smallest absolute Gasteiger partial charge is 0.243 e. The Morgan fingerprint density at radius 1 is 1.44 bits per heavy atom. The minimum absolute atomic E-state index is 0.126. The molecule has 1 aromatic rings. The van der Waals surface area contributed by atoms with Crippen LogP contribution in [0.3, 0.4) is 0 Å². The highest BCUT2D eigenvalue weighted by Crippen LogP contribution is 2.30. The van der Waals surface area contributed by atoms with E-state index >= 15 is 0 Å². The van der Waals surface area contributed by atoms with E-state index in [-0.39, 0.29) is 11.4 Å². The topological polar surface area (TPSA) is 57.6 Å². The van der Waals surface area contributed by atoms with Gasteiger partial charge in [-0.3, -0.25) is 0 Å². The van der Waals surface area contributed by atoms with Crippen LogP contribution in [0.1, 0.15) is 18.9 Å². The van der Waals surface area contributed by atoms with E-state index in [0.717, 1.165) is 0 Å². The molecule has 1 saturated heterocycles. The number of hydrogen-bond acceptors (Lipinski definition) is 3. The third-order valence-electron chi connectivity index (χ3n) is 3.25. The predicted molar refractivity (Wildman–Crippen MR) is 70.2 cm³/mol. The van der Waals surface area contributed by atoms with Crippen LogP contribution in [0.25, 0.3) is 0 Å². The Hall–Kier alpha value is -0.620. The summed E-state index contributed by atoms with van der Waals surface area (Å²) < 4.78 is 26.2. The second-order valence-electron chi connectivity index (χ2n) is 4.95. The van der Waals surface area contributed by atoms with Crippen molar-refractivity contribution in [2.75, 3.05) is 13.1 Å². The lowest BCUT2D eigenvalue weighted by Gasteiger charge is -2.20. The van der Waals surface area contributed by atoms with Crippen LogP contribution in [0.4, 0.5) is 0 Å². The predicted octanol–water partition coefficient (Wildman–Crippen LogP) is 1.79. The highest BCUT2D eigenvalue weighted by atomic mass is 35.5. The fraction of sp³-hybridized carbons (Fsp3) is 0.500. The minimum atomic E-state index is -3.57. The zero-order chi connectivity index (χ0) is 13.6. The molecule has 0 saturated carbocycles. The maximum atomic E-state index is 12.5. The molecule has 6 heteroatoms. The second-order valence-corrected chi connectivity index (χ2v) is 7.26. The Morgan fingerprint density at radius 2 is 2.11 bits per heavy atom. The first-order valence-electron chi connectivity index (χ1n) is 5.72. The minimum Gasteiger partial charge on any atom is -0.389 e. The van der Waals surface area contributed by atoms with Crippen molar-refractivity contribution < 1.29 is 13.5 Å². The number of β-amino-alcohol motifs (C(OH)–C–C–N with tert-alkyl or cyclic N) is 1. The van der Waals surface area contributed by atoms with Crippen LogP contribution in [0.15, 0.2) is 23.1 Å². The van der Waals surface area contributed by atoms with Gasteiger partial charge in [0.1, 0.15) is 0 Å². The van der Waals surface area contributed by atoms with Crippen molar-refractivity contribution in [2.24, 2.45) is 0 Å². The maximum Gasteiger partial charge on any atom is 0.243 e. The Balaban J connectivity index is 2.41. The molecule has 1 atom stereocenters. The quantitative estimate of drug-likeness (QED) is 0.903. The van der Waals surface area contributed by atoms with E-state index < -0.39 is 15.6 Å².